The molecule has 0 aliphatic rings. The summed E-state index contributed by atoms with van der Waals surface area (Å²) in [7, 11) is 0. The van der Waals surface area contributed by atoms with Gasteiger partial charge in [-0.1, -0.05) is 5.56 Å². The van der Waals surface area contributed by atoms with Crippen LogP contribution < -0.4 is 0 Å². The molecule has 3 heteroatoms. The molecule has 0 fully saturated rings. The van der Waals surface area contributed by atoms with E-state index in [0.717, 1.165) is 0 Å². The molecule has 1 aromatic rings. The Morgan fingerprint density at radius 3 is 2.50 bits per heavy atom. The van der Waals surface area contributed by atoms with E-state index >= 15 is 0 Å². The number of rotatable bonds is 1. The van der Waals surface area contributed by atoms with Gasteiger partial charge < -0.3 is 9.90 Å². The molecule has 0 saturated carbocycles. The number of aromatic carboxylic acids is 1. The molecular formula is C7H5O2W-. The Hall–Kier alpha value is -0.622. The summed E-state index contributed by atoms with van der Waals surface area (Å²) >= 11 is 0. The summed E-state index contributed by atoms with van der Waals surface area (Å²) in [6.45, 7) is 0. The predicted octanol–water partition coefficient (Wildman–Crippen LogP) is 1.18. The summed E-state index contributed by atoms with van der Waals surface area (Å²) < 4.78 is 0. The molecule has 52 valence electrons. The zero-order valence-corrected chi connectivity index (χ0v) is 8.01. The number of carboxylic acid groups (broad SMARTS) is 1. The van der Waals surface area contributed by atoms with Crippen molar-refractivity contribution in [2.24, 2.45) is 0 Å². The van der Waals surface area contributed by atoms with Crippen molar-refractivity contribution < 1.29 is 31.0 Å². The predicted molar refractivity (Wildman–Crippen MR) is 32.2 cm³/mol. The van der Waals surface area contributed by atoms with Crippen LogP contribution in [0.3, 0.4) is 0 Å². The van der Waals surface area contributed by atoms with Gasteiger partial charge >= 0.3 is 0 Å². The maximum atomic E-state index is 10.2. The van der Waals surface area contributed by atoms with Gasteiger partial charge in [-0.3, -0.25) is 0 Å². The smallest absolute Gasteiger partial charge is 0.247 e. The van der Waals surface area contributed by atoms with Gasteiger partial charge in [0.05, 0.1) is 0 Å². The summed E-state index contributed by atoms with van der Waals surface area (Å²) in [4.78, 5) is 10.2. The molecule has 1 N–H and O–H groups in total. The topological polar surface area (TPSA) is 37.3 Å². The Morgan fingerprint density at radius 2 is 2.20 bits per heavy atom. The zero-order valence-electron chi connectivity index (χ0n) is 5.07. The molecular weight excluding hydrogens is 300 g/mol. The van der Waals surface area contributed by atoms with Gasteiger partial charge in [-0.15, -0.1) is 30.3 Å². The first-order chi connectivity index (χ1) is 4.30. The van der Waals surface area contributed by atoms with Gasteiger partial charge in [0.25, 0.3) is 0 Å². The third-order valence-corrected chi connectivity index (χ3v) is 0.939. The molecule has 10 heavy (non-hydrogen) atoms. The third kappa shape index (κ3) is 2.32. The molecule has 1 rings (SSSR count). The minimum absolute atomic E-state index is 0. The van der Waals surface area contributed by atoms with Crippen LogP contribution in [0.15, 0.2) is 24.3 Å². The first kappa shape index (κ1) is 9.38. The molecule has 0 aliphatic carbocycles. The van der Waals surface area contributed by atoms with Gasteiger partial charge in [0, 0.05) is 21.1 Å². The maximum Gasteiger partial charge on any atom is 0.247 e. The van der Waals surface area contributed by atoms with Crippen LogP contribution in [0.2, 0.25) is 0 Å². The molecule has 0 radical (unpaired) electrons. The molecule has 0 unspecified atom stereocenters. The van der Waals surface area contributed by atoms with Gasteiger partial charge in [0.2, 0.25) is 5.97 Å². The van der Waals surface area contributed by atoms with Crippen molar-refractivity contribution in [3.63, 3.8) is 0 Å². The van der Waals surface area contributed by atoms with Gasteiger partial charge in [-0.25, -0.2) is 0 Å². The van der Waals surface area contributed by atoms with Crippen LogP contribution in [0.25, 0.3) is 0 Å². The van der Waals surface area contributed by atoms with Crippen LogP contribution in [0, 0.1) is 6.07 Å². The summed E-state index contributed by atoms with van der Waals surface area (Å²) in [5.74, 6) is -0.935. The number of hydrogen-bond acceptors (Lipinski definition) is 1. The minimum atomic E-state index is -0.935. The van der Waals surface area contributed by atoms with Crippen LogP contribution in [0.5, 0.6) is 0 Å². The van der Waals surface area contributed by atoms with E-state index in [9.17, 15) is 4.79 Å². The van der Waals surface area contributed by atoms with Gasteiger partial charge in [-0.05, 0) is 0 Å². The normalized spacial score (nSPS) is 8.00. The number of carboxylic acids is 1. The van der Waals surface area contributed by atoms with Crippen molar-refractivity contribution in [1.29, 1.82) is 0 Å². The second kappa shape index (κ2) is 4.23. The van der Waals surface area contributed by atoms with Gasteiger partial charge in [0.1, 0.15) is 0 Å². The average molecular weight is 305 g/mol. The van der Waals surface area contributed by atoms with Crippen LogP contribution in [0.1, 0.15) is 10.4 Å². The second-order valence-corrected chi connectivity index (χ2v) is 1.58. The maximum absolute atomic E-state index is 10.2. The average Bonchev–Trinajstić information content (AvgIpc) is 1.90. The van der Waals surface area contributed by atoms with Crippen LogP contribution in [-0.4, -0.2) is 11.1 Å². The standard InChI is InChI=1S/C7H5O2.W/c8-7(9)6-4-2-1-3-5-6;/h1-4H,(H,8,9);/q-1;. The monoisotopic (exact) mass is 305 g/mol. The quantitative estimate of drug-likeness (QED) is 0.791. The van der Waals surface area contributed by atoms with E-state index in [4.69, 9.17) is 5.11 Å². The SMILES string of the molecule is O=C(O)c1[c-]cccc1.[W]. The molecule has 0 aliphatic heterocycles. The molecule has 0 atom stereocenters. The van der Waals surface area contributed by atoms with Gasteiger partial charge in [-0.2, -0.15) is 0 Å². The van der Waals surface area contributed by atoms with E-state index in [1.54, 1.807) is 18.2 Å². The zero-order chi connectivity index (χ0) is 6.69. The molecule has 0 aromatic heterocycles. The Kier molecular flexibility index (Phi) is 3.97. The molecule has 0 spiro atoms. The number of hydrogen-bond donors (Lipinski definition) is 1. The van der Waals surface area contributed by atoms with E-state index in [0.29, 0.717) is 0 Å². The fraction of sp³-hybridized carbons (Fsp3) is 0. The number of carbonyl (C=O) groups is 1. The van der Waals surface area contributed by atoms with Crippen molar-refractivity contribution in [1.82, 2.24) is 0 Å². The molecule has 0 heterocycles. The molecule has 2 nitrogen and oxygen atoms in total. The van der Waals surface area contributed by atoms with E-state index in [-0.39, 0.29) is 26.6 Å². The third-order valence-electron chi connectivity index (χ3n) is 0.939. The fourth-order valence-electron chi connectivity index (χ4n) is 0.526. The van der Waals surface area contributed by atoms with Gasteiger partial charge in [0.15, 0.2) is 0 Å². The van der Waals surface area contributed by atoms with Crippen molar-refractivity contribution in [2.75, 3.05) is 0 Å². The van der Waals surface area contributed by atoms with Crippen molar-refractivity contribution in [2.45, 2.75) is 0 Å². The Morgan fingerprint density at radius 1 is 1.50 bits per heavy atom. The summed E-state index contributed by atoms with van der Waals surface area (Å²) in [5, 5.41) is 8.35. The van der Waals surface area contributed by atoms with E-state index in [2.05, 4.69) is 6.07 Å². The summed E-state index contributed by atoms with van der Waals surface area (Å²) in [6, 6.07) is 9.04. The largest absolute Gasteiger partial charge is 0.521 e. The molecule has 0 amide bonds. The Labute approximate surface area is 73.1 Å². The van der Waals surface area contributed by atoms with Crippen LogP contribution in [0.4, 0.5) is 0 Å². The van der Waals surface area contributed by atoms with E-state index < -0.39 is 5.97 Å². The molecule has 0 bridgehead atoms. The molecule has 0 saturated heterocycles. The fourth-order valence-corrected chi connectivity index (χ4v) is 0.526. The van der Waals surface area contributed by atoms with Crippen molar-refractivity contribution in [3.05, 3.63) is 35.9 Å². The van der Waals surface area contributed by atoms with Crippen LogP contribution in [-0.2, 0) is 21.1 Å². The second-order valence-electron chi connectivity index (χ2n) is 1.58. The Bertz CT molecular complexity index is 208. The van der Waals surface area contributed by atoms with Crippen molar-refractivity contribution >= 4 is 5.97 Å². The first-order valence-electron chi connectivity index (χ1n) is 2.51. The van der Waals surface area contributed by atoms with Crippen molar-refractivity contribution in [3.8, 4) is 0 Å². The Balaban J connectivity index is 0.000000810. The summed E-state index contributed by atoms with van der Waals surface area (Å²) in [5.41, 5.74) is 0.206. The first-order valence-corrected chi connectivity index (χ1v) is 2.51. The summed E-state index contributed by atoms with van der Waals surface area (Å²) in [6.07, 6.45) is 0. The van der Waals surface area contributed by atoms with E-state index in [1.807, 2.05) is 0 Å². The molecule has 1 aromatic carbocycles. The minimum Gasteiger partial charge on any atom is -0.521 e. The number of benzene rings is 1. The van der Waals surface area contributed by atoms with E-state index in [1.165, 1.54) is 6.07 Å². The van der Waals surface area contributed by atoms with Crippen LogP contribution >= 0.6 is 0 Å².